The van der Waals surface area contributed by atoms with Crippen molar-refractivity contribution in [2.45, 2.75) is 32.1 Å². The topological polar surface area (TPSA) is 90.4 Å². The van der Waals surface area contributed by atoms with Crippen molar-refractivity contribution in [3.63, 3.8) is 0 Å². The first kappa shape index (κ1) is 22.4. The third kappa shape index (κ3) is 2.95. The highest BCUT2D eigenvalue weighted by Gasteiger charge is 2.63. The zero-order valence-electron chi connectivity index (χ0n) is 19.4. The summed E-state index contributed by atoms with van der Waals surface area (Å²) in [5.74, 6) is 1.29. The first-order valence-corrected chi connectivity index (χ1v) is 11.2. The number of benzene rings is 2. The lowest BCUT2D eigenvalue weighted by Crippen LogP contribution is -2.53. The van der Waals surface area contributed by atoms with Gasteiger partial charge in [-0.15, -0.1) is 6.42 Å². The second kappa shape index (κ2) is 7.58. The Hall–Kier alpha value is -4.36. The van der Waals surface area contributed by atoms with E-state index in [0.29, 0.717) is 29.1 Å². The highest BCUT2D eigenvalue weighted by Crippen LogP contribution is 2.58. The molecule has 1 aliphatic carbocycles. The van der Waals surface area contributed by atoms with Gasteiger partial charge in [0.15, 0.2) is 5.78 Å². The number of halogens is 1. The summed E-state index contributed by atoms with van der Waals surface area (Å²) in [4.78, 5) is 31.1. The van der Waals surface area contributed by atoms with Gasteiger partial charge in [0.05, 0.1) is 17.8 Å². The van der Waals surface area contributed by atoms with Crippen molar-refractivity contribution < 1.29 is 14.0 Å². The number of para-hydroxylation sites is 1. The standard InChI is InChI=1S/C28H23FN4O2/c1-4-12-32-21-11-6-5-10-19(21)28(26(32)35)20(16-30)25(31)33(18-9-7-8-17(29)13-18)22-14-27(2,3)15-23(34)24(22)28/h1,5-11,13H,12,14-15,31H2,2-3H3. The molecule has 5 rings (SSSR count). The van der Waals surface area contributed by atoms with Crippen LogP contribution in [-0.2, 0) is 15.0 Å². The summed E-state index contributed by atoms with van der Waals surface area (Å²) in [6.45, 7) is 3.89. The van der Waals surface area contributed by atoms with Crippen molar-refractivity contribution in [2.24, 2.45) is 11.1 Å². The number of hydrogen-bond acceptors (Lipinski definition) is 5. The number of allylic oxidation sites excluding steroid dienone is 1. The van der Waals surface area contributed by atoms with Gasteiger partial charge in [-0.05, 0) is 36.1 Å². The Kier molecular flexibility index (Phi) is 4.86. The lowest BCUT2D eigenvalue weighted by atomic mass is 9.60. The molecular weight excluding hydrogens is 443 g/mol. The van der Waals surface area contributed by atoms with E-state index in [1.165, 1.54) is 23.1 Å². The Morgan fingerprint density at radius 1 is 1.14 bits per heavy atom. The summed E-state index contributed by atoms with van der Waals surface area (Å²) in [6, 6.07) is 15.0. The van der Waals surface area contributed by atoms with Crippen LogP contribution in [0.25, 0.3) is 0 Å². The first-order valence-electron chi connectivity index (χ1n) is 11.2. The summed E-state index contributed by atoms with van der Waals surface area (Å²) in [5, 5.41) is 10.4. The van der Waals surface area contributed by atoms with Crippen LogP contribution in [0.1, 0.15) is 32.3 Å². The Labute approximate surface area is 203 Å². The smallest absolute Gasteiger partial charge is 0.248 e. The largest absolute Gasteiger partial charge is 0.384 e. The SMILES string of the molecule is C#CCN1C(=O)C2(C(C#N)=C(N)N(c3cccc(F)c3)C3=C2C(=O)CC(C)(C)C3)c2ccccc21. The zero-order valence-corrected chi connectivity index (χ0v) is 19.4. The molecule has 174 valence electrons. The highest BCUT2D eigenvalue weighted by molar-refractivity contribution is 6.21. The van der Waals surface area contributed by atoms with Crippen molar-refractivity contribution in [1.82, 2.24) is 0 Å². The number of rotatable bonds is 2. The van der Waals surface area contributed by atoms with Crippen molar-refractivity contribution >= 4 is 23.1 Å². The molecule has 0 fully saturated rings. The van der Waals surface area contributed by atoms with Crippen molar-refractivity contribution in [2.75, 3.05) is 16.3 Å². The molecule has 0 radical (unpaired) electrons. The van der Waals surface area contributed by atoms with Gasteiger partial charge in [0, 0.05) is 28.9 Å². The van der Waals surface area contributed by atoms with Gasteiger partial charge in [0.1, 0.15) is 23.1 Å². The fourth-order valence-electron chi connectivity index (χ4n) is 5.71. The molecule has 2 N–H and O–H groups in total. The Balaban J connectivity index is 1.92. The van der Waals surface area contributed by atoms with Crippen molar-refractivity contribution in [1.29, 1.82) is 5.26 Å². The van der Waals surface area contributed by atoms with Crippen LogP contribution in [0, 0.1) is 34.9 Å². The number of anilines is 2. The first-order chi connectivity index (χ1) is 16.7. The molecule has 1 amide bonds. The normalized spacial score (nSPS) is 22.8. The summed E-state index contributed by atoms with van der Waals surface area (Å²) in [6.07, 6.45) is 6.17. The van der Waals surface area contributed by atoms with E-state index in [1.54, 1.807) is 35.2 Å². The van der Waals surface area contributed by atoms with Crippen LogP contribution < -0.4 is 15.5 Å². The predicted octanol–water partition coefficient (Wildman–Crippen LogP) is 3.90. The predicted molar refractivity (Wildman–Crippen MR) is 130 cm³/mol. The van der Waals surface area contributed by atoms with E-state index >= 15 is 0 Å². The quantitative estimate of drug-likeness (QED) is 0.678. The van der Waals surface area contributed by atoms with Crippen molar-refractivity contribution in [3.8, 4) is 18.4 Å². The summed E-state index contributed by atoms with van der Waals surface area (Å²) < 4.78 is 14.3. The van der Waals surface area contributed by atoms with E-state index in [4.69, 9.17) is 12.2 Å². The number of carbonyl (C=O) groups excluding carboxylic acids is 2. The number of fused-ring (bicyclic) bond motifs is 3. The minimum absolute atomic E-state index is 0.00643. The molecule has 1 atom stereocenters. The minimum Gasteiger partial charge on any atom is -0.384 e. The van der Waals surface area contributed by atoms with Gasteiger partial charge in [-0.3, -0.25) is 19.4 Å². The van der Waals surface area contributed by atoms with Crippen LogP contribution in [0.2, 0.25) is 0 Å². The van der Waals surface area contributed by atoms with Crippen LogP contribution in [-0.4, -0.2) is 18.2 Å². The van der Waals surface area contributed by atoms with Crippen LogP contribution in [0.15, 0.2) is 71.2 Å². The van der Waals surface area contributed by atoms with E-state index in [-0.39, 0.29) is 35.7 Å². The maximum atomic E-state index is 14.3. The lowest BCUT2D eigenvalue weighted by molar-refractivity contribution is -0.125. The fourth-order valence-corrected chi connectivity index (χ4v) is 5.71. The van der Waals surface area contributed by atoms with E-state index in [0.717, 1.165) is 0 Å². The fraction of sp³-hybridized carbons (Fsp3) is 0.250. The molecule has 0 saturated heterocycles. The molecule has 2 aromatic carbocycles. The third-order valence-corrected chi connectivity index (χ3v) is 6.96. The molecule has 3 aliphatic rings. The average molecular weight is 467 g/mol. The highest BCUT2D eigenvalue weighted by atomic mass is 19.1. The van der Waals surface area contributed by atoms with E-state index in [9.17, 15) is 19.2 Å². The summed E-state index contributed by atoms with van der Waals surface area (Å²) >= 11 is 0. The number of nitrogens with zero attached hydrogens (tertiary/aromatic N) is 3. The monoisotopic (exact) mass is 466 g/mol. The number of ketones is 1. The van der Waals surface area contributed by atoms with Crippen LogP contribution >= 0.6 is 0 Å². The maximum absolute atomic E-state index is 14.3. The second-order valence-electron chi connectivity index (χ2n) is 9.81. The number of nitriles is 1. The maximum Gasteiger partial charge on any atom is 0.248 e. The molecule has 7 heteroatoms. The van der Waals surface area contributed by atoms with Crippen LogP contribution in [0.3, 0.4) is 0 Å². The molecule has 1 unspecified atom stereocenters. The molecule has 2 heterocycles. The average Bonchev–Trinajstić information content (AvgIpc) is 3.02. The number of hydrogen-bond donors (Lipinski definition) is 1. The molecule has 1 spiro atoms. The van der Waals surface area contributed by atoms with Gasteiger partial charge >= 0.3 is 0 Å². The second-order valence-corrected chi connectivity index (χ2v) is 9.81. The van der Waals surface area contributed by atoms with E-state index in [2.05, 4.69) is 12.0 Å². The molecule has 2 aliphatic heterocycles. The number of amides is 1. The summed E-state index contributed by atoms with van der Waals surface area (Å²) in [5.41, 5.74) is 6.57. The minimum atomic E-state index is -1.71. The van der Waals surface area contributed by atoms with Gasteiger partial charge in [-0.1, -0.05) is 44.0 Å². The Morgan fingerprint density at radius 2 is 1.89 bits per heavy atom. The molecule has 6 nitrogen and oxygen atoms in total. The molecule has 35 heavy (non-hydrogen) atoms. The number of carbonyl (C=O) groups is 2. The Bertz CT molecular complexity index is 1460. The van der Waals surface area contributed by atoms with Gasteiger partial charge in [-0.25, -0.2) is 4.39 Å². The van der Waals surface area contributed by atoms with E-state index < -0.39 is 22.6 Å². The van der Waals surface area contributed by atoms with Crippen molar-refractivity contribution in [3.05, 3.63) is 82.6 Å². The lowest BCUT2D eigenvalue weighted by Gasteiger charge is -2.47. The molecule has 0 aromatic heterocycles. The van der Waals surface area contributed by atoms with Gasteiger partial charge in [-0.2, -0.15) is 5.26 Å². The zero-order chi connectivity index (χ0) is 25.1. The van der Waals surface area contributed by atoms with Crippen LogP contribution in [0.5, 0.6) is 0 Å². The molecule has 0 saturated carbocycles. The van der Waals surface area contributed by atoms with Crippen LogP contribution in [0.4, 0.5) is 15.8 Å². The molecular formula is C28H23FN4O2. The summed E-state index contributed by atoms with van der Waals surface area (Å²) in [7, 11) is 0. The third-order valence-electron chi connectivity index (χ3n) is 6.96. The molecule has 2 aromatic rings. The molecule has 0 bridgehead atoms. The van der Waals surface area contributed by atoms with Gasteiger partial charge in [0.2, 0.25) is 5.91 Å². The van der Waals surface area contributed by atoms with Gasteiger partial charge in [0.25, 0.3) is 0 Å². The number of Topliss-reactive ketones (excluding diaryl/α,β-unsaturated/α-hetero) is 1. The Morgan fingerprint density at radius 3 is 2.57 bits per heavy atom. The van der Waals surface area contributed by atoms with E-state index in [1.807, 2.05) is 13.8 Å². The number of nitrogens with two attached hydrogens (primary N) is 1. The number of terminal acetylenes is 1. The van der Waals surface area contributed by atoms with Gasteiger partial charge < -0.3 is 5.73 Å².